The summed E-state index contributed by atoms with van der Waals surface area (Å²) in [7, 11) is 1.82. The molecule has 0 amide bonds. The Morgan fingerprint density at radius 3 is 2.54 bits per heavy atom. The van der Waals surface area contributed by atoms with Crippen LogP contribution in [0.1, 0.15) is 30.3 Å². The van der Waals surface area contributed by atoms with Gasteiger partial charge in [0.05, 0.1) is 29.5 Å². The zero-order chi connectivity index (χ0) is 26.5. The lowest BCUT2D eigenvalue weighted by Crippen LogP contribution is -2.34. The van der Waals surface area contributed by atoms with Crippen LogP contribution in [0.5, 0.6) is 0 Å². The number of hydroxylamine groups is 2. The minimum atomic E-state index is -0.427. The van der Waals surface area contributed by atoms with Gasteiger partial charge in [0.25, 0.3) is 5.56 Å². The molecule has 1 saturated carbocycles. The van der Waals surface area contributed by atoms with E-state index >= 15 is 0 Å². The molecule has 39 heavy (non-hydrogen) atoms. The summed E-state index contributed by atoms with van der Waals surface area (Å²) in [5, 5.41) is 16.7. The van der Waals surface area contributed by atoms with Gasteiger partial charge in [0.15, 0.2) is 0 Å². The Morgan fingerprint density at radius 2 is 1.74 bits per heavy atom. The van der Waals surface area contributed by atoms with Gasteiger partial charge in [0.1, 0.15) is 17.6 Å². The molecule has 1 aliphatic carbocycles. The van der Waals surface area contributed by atoms with Crippen molar-refractivity contribution in [1.82, 2.24) is 35.2 Å². The molecule has 7 rings (SSSR count). The molecule has 3 aromatic carbocycles. The van der Waals surface area contributed by atoms with E-state index in [0.29, 0.717) is 41.9 Å². The maximum Gasteiger partial charge on any atom is 0.261 e. The van der Waals surface area contributed by atoms with Gasteiger partial charge in [0, 0.05) is 19.0 Å². The fraction of sp³-hybridized carbons (Fsp3) is 0.241. The van der Waals surface area contributed by atoms with Crippen LogP contribution >= 0.6 is 0 Å². The summed E-state index contributed by atoms with van der Waals surface area (Å²) in [5.41, 5.74) is 4.26. The maximum absolute atomic E-state index is 13.8. The third-order valence-electron chi connectivity index (χ3n) is 7.76. The first-order chi connectivity index (χ1) is 19.1. The number of rotatable bonds is 5. The van der Waals surface area contributed by atoms with Crippen LogP contribution in [0, 0.1) is 5.92 Å². The second-order valence-electron chi connectivity index (χ2n) is 10.0. The molecule has 2 fully saturated rings. The Balaban J connectivity index is 1.29. The zero-order valence-electron chi connectivity index (χ0n) is 21.2. The average molecular weight is 520 g/mol. The molecule has 3 atom stereocenters. The number of nitrogens with zero attached hydrogens (tertiary/aromatic N) is 6. The van der Waals surface area contributed by atoms with Crippen LogP contribution in [0.2, 0.25) is 0 Å². The summed E-state index contributed by atoms with van der Waals surface area (Å²) in [6, 6.07) is 22.8. The predicted molar refractivity (Wildman–Crippen MR) is 143 cm³/mol. The van der Waals surface area contributed by atoms with Gasteiger partial charge in [-0.2, -0.15) is 10.3 Å². The first kappa shape index (κ1) is 23.6. The topological polar surface area (TPSA) is 119 Å². The van der Waals surface area contributed by atoms with Crippen LogP contribution in [0.4, 0.5) is 0 Å². The quantitative estimate of drug-likeness (QED) is 0.374. The number of fused-ring (bicyclic) bond motifs is 2. The molecule has 5 aromatic rings. The molecule has 3 unspecified atom stereocenters. The molecule has 10 nitrogen and oxygen atoms in total. The number of hydrogen-bond acceptors (Lipinski definition) is 8. The minimum Gasteiger partial charge on any atom is -0.299 e. The summed E-state index contributed by atoms with van der Waals surface area (Å²) in [6.45, 7) is 0.314. The Bertz CT molecular complexity index is 1750. The number of H-pyrrole nitrogens is 1. The summed E-state index contributed by atoms with van der Waals surface area (Å²) in [5.74, 6) is 0.900. The van der Waals surface area contributed by atoms with E-state index in [1.807, 2.05) is 73.8 Å². The van der Waals surface area contributed by atoms with Gasteiger partial charge in [-0.1, -0.05) is 60.7 Å². The second kappa shape index (κ2) is 9.33. The number of carbonyl (C=O) groups excluding carboxylic acids is 1. The molecule has 2 aliphatic rings. The van der Waals surface area contributed by atoms with E-state index in [9.17, 15) is 9.59 Å². The van der Waals surface area contributed by atoms with E-state index in [1.165, 1.54) is 0 Å². The van der Waals surface area contributed by atoms with Gasteiger partial charge in [-0.3, -0.25) is 19.0 Å². The lowest BCUT2D eigenvalue weighted by molar-refractivity contribution is -0.146. The first-order valence-electron chi connectivity index (χ1n) is 12.9. The normalized spacial score (nSPS) is 21.1. The molecule has 2 aromatic heterocycles. The fourth-order valence-electron chi connectivity index (χ4n) is 5.91. The van der Waals surface area contributed by atoms with Gasteiger partial charge < -0.3 is 0 Å². The molecule has 3 heterocycles. The first-order valence-corrected chi connectivity index (χ1v) is 12.9. The SMILES string of the molecule is CN1OC2CCC(=O)C2C1c1nc2ccccc2c(=O)n1Cc1ccc(-c2ccccc2-c2nn[nH]n2)cc1. The van der Waals surface area contributed by atoms with Crippen LogP contribution in [-0.2, 0) is 16.2 Å². The number of para-hydroxylation sites is 1. The van der Waals surface area contributed by atoms with Gasteiger partial charge in [0.2, 0.25) is 5.82 Å². The monoisotopic (exact) mass is 519 g/mol. The molecule has 1 saturated heterocycles. The van der Waals surface area contributed by atoms with Crippen molar-refractivity contribution in [2.75, 3.05) is 7.05 Å². The highest BCUT2D eigenvalue weighted by atomic mass is 16.7. The minimum absolute atomic E-state index is 0.135. The number of aromatic amines is 1. The number of carbonyl (C=O) groups is 1. The Labute approximate surface area is 223 Å². The molecular weight excluding hydrogens is 494 g/mol. The van der Waals surface area contributed by atoms with Gasteiger partial charge in [-0.05, 0) is 40.5 Å². The molecule has 1 aliphatic heterocycles. The predicted octanol–water partition coefficient (Wildman–Crippen LogP) is 3.56. The number of hydrogen-bond donors (Lipinski definition) is 1. The van der Waals surface area contributed by atoms with Crippen molar-refractivity contribution in [2.45, 2.75) is 31.5 Å². The van der Waals surface area contributed by atoms with Crippen molar-refractivity contribution in [1.29, 1.82) is 0 Å². The van der Waals surface area contributed by atoms with E-state index < -0.39 is 6.04 Å². The molecular formula is C29H25N7O3. The van der Waals surface area contributed by atoms with E-state index in [1.54, 1.807) is 15.7 Å². The summed E-state index contributed by atoms with van der Waals surface area (Å²) < 4.78 is 1.70. The van der Waals surface area contributed by atoms with E-state index in [-0.39, 0.29) is 23.4 Å². The van der Waals surface area contributed by atoms with E-state index in [2.05, 4.69) is 20.6 Å². The van der Waals surface area contributed by atoms with Crippen LogP contribution in [-0.4, -0.2) is 54.2 Å². The summed E-state index contributed by atoms with van der Waals surface area (Å²) in [6.07, 6.45) is 1.00. The van der Waals surface area contributed by atoms with Crippen LogP contribution < -0.4 is 5.56 Å². The van der Waals surface area contributed by atoms with E-state index in [0.717, 1.165) is 22.3 Å². The Kier molecular flexibility index (Phi) is 5.64. The highest BCUT2D eigenvalue weighted by Gasteiger charge is 2.51. The van der Waals surface area contributed by atoms with Crippen molar-refractivity contribution in [3.8, 4) is 22.5 Å². The largest absolute Gasteiger partial charge is 0.299 e. The molecule has 0 bridgehead atoms. The smallest absolute Gasteiger partial charge is 0.261 e. The number of nitrogens with one attached hydrogen (secondary N) is 1. The van der Waals surface area contributed by atoms with Crippen LogP contribution in [0.3, 0.4) is 0 Å². The number of benzene rings is 3. The number of Topliss-reactive ketones (excluding diaryl/α,β-unsaturated/α-hetero) is 1. The Morgan fingerprint density at radius 1 is 0.974 bits per heavy atom. The molecule has 194 valence electrons. The zero-order valence-corrected chi connectivity index (χ0v) is 21.2. The number of tetrazole rings is 1. The van der Waals surface area contributed by atoms with Gasteiger partial charge in [-0.25, -0.2) is 4.98 Å². The van der Waals surface area contributed by atoms with Crippen molar-refractivity contribution >= 4 is 16.7 Å². The highest BCUT2D eigenvalue weighted by Crippen LogP contribution is 2.44. The maximum atomic E-state index is 13.8. The second-order valence-corrected chi connectivity index (χ2v) is 10.0. The van der Waals surface area contributed by atoms with Crippen molar-refractivity contribution in [3.05, 3.63) is 94.5 Å². The fourth-order valence-corrected chi connectivity index (χ4v) is 5.91. The van der Waals surface area contributed by atoms with Crippen molar-refractivity contribution < 1.29 is 9.63 Å². The lowest BCUT2D eigenvalue weighted by Gasteiger charge is -2.24. The van der Waals surface area contributed by atoms with Crippen LogP contribution in [0.25, 0.3) is 33.4 Å². The Hall–Kier alpha value is -4.54. The third kappa shape index (κ3) is 3.96. The third-order valence-corrected chi connectivity index (χ3v) is 7.76. The molecule has 0 radical (unpaired) electrons. The molecule has 10 heteroatoms. The highest BCUT2D eigenvalue weighted by molar-refractivity contribution is 5.85. The number of ketones is 1. The van der Waals surface area contributed by atoms with E-state index in [4.69, 9.17) is 9.82 Å². The summed E-state index contributed by atoms with van der Waals surface area (Å²) >= 11 is 0. The molecule has 1 N–H and O–H groups in total. The summed E-state index contributed by atoms with van der Waals surface area (Å²) in [4.78, 5) is 37.6. The lowest BCUT2D eigenvalue weighted by atomic mass is 9.95. The average Bonchev–Trinajstić information content (AvgIpc) is 3.70. The molecule has 0 spiro atoms. The van der Waals surface area contributed by atoms with Crippen molar-refractivity contribution in [2.24, 2.45) is 5.92 Å². The van der Waals surface area contributed by atoms with Gasteiger partial charge >= 0.3 is 0 Å². The van der Waals surface area contributed by atoms with Crippen molar-refractivity contribution in [3.63, 3.8) is 0 Å². The van der Waals surface area contributed by atoms with Crippen LogP contribution in [0.15, 0.2) is 77.6 Å². The number of aromatic nitrogens is 6. The van der Waals surface area contributed by atoms with Gasteiger partial charge in [-0.15, -0.1) is 10.2 Å². The standard InChI is InChI=1S/C29H25N7O3/c1-35-26(25-23(37)14-15-24(25)39-35)28-30-22-9-5-4-8-21(22)29(38)36(28)16-17-10-12-18(13-11-17)19-6-2-3-7-20(19)27-31-33-34-32-27/h2-13,24-26H,14-16H2,1H3,(H,31,32,33,34).